The Morgan fingerprint density at radius 1 is 0.714 bits per heavy atom. The molecule has 0 bridgehead atoms. The fourth-order valence-corrected chi connectivity index (χ4v) is 2.50. The minimum Gasteiger partial charge on any atom is -0.855 e. The third-order valence-corrected chi connectivity index (χ3v) is 4.86. The van der Waals surface area contributed by atoms with Gasteiger partial charge in [0, 0.05) is 0 Å². The van der Waals surface area contributed by atoms with Crippen LogP contribution in [0.5, 0.6) is 0 Å². The van der Waals surface area contributed by atoms with Crippen LogP contribution in [0, 0.1) is 6.92 Å². The summed E-state index contributed by atoms with van der Waals surface area (Å²) in [6.45, 7) is 1.48. The molecule has 1 unspecified atom stereocenters. The second kappa shape index (κ2) is 8.91. The van der Waals surface area contributed by atoms with Gasteiger partial charge in [0.15, 0.2) is 0 Å². The predicted octanol–water partition coefficient (Wildman–Crippen LogP) is 5.08. The van der Waals surface area contributed by atoms with Crippen molar-refractivity contribution in [1.29, 1.82) is 0 Å². The Hall–Kier alpha value is -2.41. The van der Waals surface area contributed by atoms with Crippen LogP contribution in [0.4, 0.5) is 65.9 Å². The largest absolute Gasteiger partial charge is 0.855 e. The summed E-state index contributed by atoms with van der Waals surface area (Å²) >= 11 is -3.09. The standard InChI is InChI=1S/C15H8F15NO3S/c1-6-2-4-7(5-3-6)35(33)34-31-8(32)9(16,17)10(18,19)11(20,21)12(22,23)13(24,25)14(26,27)15(28,29)30/h2-5H,1H3,(H,31,32)/p-1. The molecule has 0 spiro atoms. The number of rotatable bonds is 9. The zero-order chi connectivity index (χ0) is 28.1. The minimum atomic E-state index is -8.54. The average molecular weight is 566 g/mol. The number of halogens is 15. The molecule has 4 nitrogen and oxygen atoms in total. The lowest BCUT2D eigenvalue weighted by Crippen LogP contribution is -2.74. The van der Waals surface area contributed by atoms with Crippen LogP contribution in [0.3, 0.4) is 0 Å². The van der Waals surface area contributed by atoms with Gasteiger partial charge in [0.2, 0.25) is 0 Å². The maximum absolute atomic E-state index is 13.6. The summed E-state index contributed by atoms with van der Waals surface area (Å²) in [4.78, 5) is -0.506. The van der Waals surface area contributed by atoms with E-state index in [9.17, 15) is 75.2 Å². The molecule has 1 aromatic carbocycles. The van der Waals surface area contributed by atoms with Crippen LogP contribution in [0.1, 0.15) is 5.56 Å². The molecule has 35 heavy (non-hydrogen) atoms. The Kier molecular flexibility index (Phi) is 7.80. The van der Waals surface area contributed by atoms with E-state index in [2.05, 4.69) is 4.28 Å². The van der Waals surface area contributed by atoms with Crippen LogP contribution in [0.25, 0.3) is 0 Å². The van der Waals surface area contributed by atoms with E-state index in [1.165, 1.54) is 19.1 Å². The number of nitrogens with zero attached hydrogens (tertiary/aromatic N) is 1. The molecule has 0 aliphatic carbocycles. The van der Waals surface area contributed by atoms with E-state index in [1.54, 1.807) is 5.16 Å². The van der Waals surface area contributed by atoms with Crippen LogP contribution < -0.4 is 5.11 Å². The van der Waals surface area contributed by atoms with Gasteiger partial charge >= 0.3 is 41.7 Å². The lowest BCUT2D eigenvalue weighted by molar-refractivity contribution is -0.451. The summed E-state index contributed by atoms with van der Waals surface area (Å²) in [6.07, 6.45) is -7.74. The molecule has 1 rings (SSSR count). The fourth-order valence-electron chi connectivity index (χ4n) is 1.92. The minimum absolute atomic E-state index is 0.501. The molecular formula is C15H7F15NO3S-. The summed E-state index contributed by atoms with van der Waals surface area (Å²) in [6, 6.07) is 4.24. The van der Waals surface area contributed by atoms with Crippen LogP contribution in [-0.2, 0) is 15.4 Å². The topological polar surface area (TPSA) is 61.7 Å². The molecule has 0 N–H and O–H groups in total. The van der Waals surface area contributed by atoms with Crippen LogP contribution in [-0.4, -0.2) is 51.8 Å². The van der Waals surface area contributed by atoms with Gasteiger partial charge in [0.25, 0.3) is 11.1 Å². The molecule has 202 valence electrons. The van der Waals surface area contributed by atoms with E-state index >= 15 is 0 Å². The van der Waals surface area contributed by atoms with Gasteiger partial charge in [-0.15, -0.1) is 0 Å². The van der Waals surface area contributed by atoms with Crippen molar-refractivity contribution in [1.82, 2.24) is 0 Å². The second-order valence-corrected chi connectivity index (χ2v) is 7.55. The van der Waals surface area contributed by atoms with Crippen molar-refractivity contribution < 1.29 is 79.5 Å². The Morgan fingerprint density at radius 2 is 1.09 bits per heavy atom. The average Bonchev–Trinajstić information content (AvgIpc) is 2.70. The van der Waals surface area contributed by atoms with E-state index in [1.807, 2.05) is 0 Å². The lowest BCUT2D eigenvalue weighted by atomic mass is 9.91. The molecular weight excluding hydrogens is 559 g/mol. The summed E-state index contributed by atoms with van der Waals surface area (Å²) < 4.78 is 211. The first kappa shape index (κ1) is 30.6. The number of hydrogen-bond acceptors (Lipinski definition) is 4. The first-order valence-electron chi connectivity index (χ1n) is 8.05. The van der Waals surface area contributed by atoms with E-state index in [0.717, 1.165) is 12.1 Å². The summed E-state index contributed by atoms with van der Waals surface area (Å²) in [5.41, 5.74) is 0.501. The monoisotopic (exact) mass is 566 g/mol. The van der Waals surface area contributed by atoms with Gasteiger partial charge in [-0.05, 0) is 19.1 Å². The van der Waals surface area contributed by atoms with Crippen molar-refractivity contribution in [2.24, 2.45) is 5.16 Å². The zero-order valence-corrected chi connectivity index (χ0v) is 16.9. The molecule has 0 fully saturated rings. The summed E-state index contributed by atoms with van der Waals surface area (Å²) in [7, 11) is 0. The number of oxime groups is 1. The zero-order valence-electron chi connectivity index (χ0n) is 16.1. The molecule has 0 saturated heterocycles. The molecule has 20 heteroatoms. The number of aryl methyl sites for hydroxylation is 1. The van der Waals surface area contributed by atoms with Gasteiger partial charge in [-0.1, -0.05) is 22.9 Å². The van der Waals surface area contributed by atoms with Crippen LogP contribution >= 0.6 is 0 Å². The van der Waals surface area contributed by atoms with Crippen molar-refractivity contribution in [2.45, 2.75) is 53.5 Å². The van der Waals surface area contributed by atoms with Gasteiger partial charge in [-0.3, -0.25) is 4.28 Å². The molecule has 1 atom stereocenters. The highest BCUT2D eigenvalue weighted by Crippen LogP contribution is 2.62. The van der Waals surface area contributed by atoms with Gasteiger partial charge < -0.3 is 5.11 Å². The highest BCUT2D eigenvalue weighted by atomic mass is 32.2. The van der Waals surface area contributed by atoms with Gasteiger partial charge in [-0.25, -0.2) is 4.21 Å². The van der Waals surface area contributed by atoms with E-state index in [4.69, 9.17) is 0 Å². The van der Waals surface area contributed by atoms with Crippen molar-refractivity contribution in [3.05, 3.63) is 29.8 Å². The highest BCUT2D eigenvalue weighted by Gasteiger charge is 2.93. The smallest absolute Gasteiger partial charge is 0.460 e. The number of alkyl halides is 15. The molecule has 0 radical (unpaired) electrons. The fraction of sp³-hybridized carbons (Fsp3) is 0.533. The third-order valence-electron chi connectivity index (χ3n) is 4.00. The highest BCUT2D eigenvalue weighted by molar-refractivity contribution is 7.80. The SMILES string of the molecule is Cc1ccc(S(=O)O/N=C(\[O-])C(F)(F)C(F)(F)C(F)(F)C(F)(F)C(F)(F)C(F)(F)C(F)(F)F)cc1. The Balaban J connectivity index is 3.42. The Labute approximate surface area is 186 Å². The van der Waals surface area contributed by atoms with E-state index in [-0.39, 0.29) is 0 Å². The summed E-state index contributed by atoms with van der Waals surface area (Å²) in [5, 5.41) is 12.7. The normalized spacial score (nSPS) is 16.3. The maximum Gasteiger partial charge on any atom is 0.460 e. The van der Waals surface area contributed by atoms with Crippen molar-refractivity contribution >= 4 is 17.0 Å². The molecule has 0 aromatic heterocycles. The van der Waals surface area contributed by atoms with Crippen LogP contribution in [0.2, 0.25) is 0 Å². The third kappa shape index (κ3) is 4.72. The van der Waals surface area contributed by atoms with E-state index in [0.29, 0.717) is 5.56 Å². The number of hydrogen-bond donors (Lipinski definition) is 0. The quantitative estimate of drug-likeness (QED) is 0.181. The summed E-state index contributed by atoms with van der Waals surface area (Å²) in [5.74, 6) is -52.9. The molecule has 0 heterocycles. The lowest BCUT2D eigenvalue weighted by Gasteiger charge is -2.42. The first-order chi connectivity index (χ1) is 15.3. The maximum atomic E-state index is 13.6. The molecule has 1 aromatic rings. The first-order valence-corrected chi connectivity index (χ1v) is 9.13. The second-order valence-electron chi connectivity index (χ2n) is 6.46. The van der Waals surface area contributed by atoms with E-state index < -0.39 is 63.6 Å². The van der Waals surface area contributed by atoms with Gasteiger partial charge in [-0.2, -0.15) is 65.9 Å². The number of benzene rings is 1. The molecule has 0 amide bonds. The van der Waals surface area contributed by atoms with Crippen LogP contribution in [0.15, 0.2) is 34.3 Å². The molecule has 0 saturated carbocycles. The van der Waals surface area contributed by atoms with Gasteiger partial charge in [0.05, 0.1) is 10.8 Å². The molecule has 0 aliphatic rings. The Bertz CT molecular complexity index is 973. The predicted molar refractivity (Wildman–Crippen MR) is 81.8 cm³/mol. The van der Waals surface area contributed by atoms with Gasteiger partial charge in [0.1, 0.15) is 0 Å². The molecule has 0 aliphatic heterocycles. The van der Waals surface area contributed by atoms with Crippen molar-refractivity contribution in [3.63, 3.8) is 0 Å². The Morgan fingerprint density at radius 3 is 1.49 bits per heavy atom. The van der Waals surface area contributed by atoms with Crippen molar-refractivity contribution in [2.75, 3.05) is 0 Å². The van der Waals surface area contributed by atoms with Crippen molar-refractivity contribution in [3.8, 4) is 0 Å².